The summed E-state index contributed by atoms with van der Waals surface area (Å²) in [6, 6.07) is 18.0. The van der Waals surface area contributed by atoms with Gasteiger partial charge in [-0.2, -0.15) is 0 Å². The van der Waals surface area contributed by atoms with Crippen molar-refractivity contribution in [1.29, 1.82) is 0 Å². The second kappa shape index (κ2) is 6.31. The van der Waals surface area contributed by atoms with Crippen molar-refractivity contribution in [3.05, 3.63) is 65.2 Å². The second-order valence-corrected chi connectivity index (χ2v) is 5.78. The number of rotatable bonds is 4. The van der Waals surface area contributed by atoms with Gasteiger partial charge >= 0.3 is 0 Å². The molecule has 2 aromatic rings. The summed E-state index contributed by atoms with van der Waals surface area (Å²) in [7, 11) is 0. The molecule has 0 amide bonds. The van der Waals surface area contributed by atoms with E-state index in [1.807, 2.05) is 0 Å². The van der Waals surface area contributed by atoms with Gasteiger partial charge in [0.25, 0.3) is 0 Å². The van der Waals surface area contributed by atoms with Gasteiger partial charge in [0, 0.05) is 24.8 Å². The Morgan fingerprint density at radius 3 is 2.57 bits per heavy atom. The van der Waals surface area contributed by atoms with Crippen molar-refractivity contribution in [3.63, 3.8) is 0 Å². The number of anilines is 1. The maximum atomic E-state index is 3.53. The van der Waals surface area contributed by atoms with Crippen molar-refractivity contribution in [2.24, 2.45) is 0 Å². The average Bonchev–Trinajstić information content (AvgIpc) is 2.54. The summed E-state index contributed by atoms with van der Waals surface area (Å²) >= 11 is 0. The molecule has 0 bridgehead atoms. The van der Waals surface area contributed by atoms with Crippen molar-refractivity contribution >= 4 is 5.69 Å². The molecule has 21 heavy (non-hydrogen) atoms. The van der Waals surface area contributed by atoms with Gasteiger partial charge in [-0.15, -0.1) is 0 Å². The molecule has 110 valence electrons. The Balaban J connectivity index is 1.88. The van der Waals surface area contributed by atoms with Crippen molar-refractivity contribution in [2.45, 2.75) is 32.9 Å². The molecule has 0 radical (unpaired) electrons. The fraction of sp³-hybridized carbons (Fsp3) is 0.368. The highest BCUT2D eigenvalue weighted by Crippen LogP contribution is 2.30. The van der Waals surface area contributed by atoms with E-state index >= 15 is 0 Å². The molecule has 3 rings (SSSR count). The molecule has 2 aromatic carbocycles. The third-order valence-electron chi connectivity index (χ3n) is 4.38. The van der Waals surface area contributed by atoms with E-state index in [1.54, 1.807) is 0 Å². The molecular weight excluding hydrogens is 256 g/mol. The van der Waals surface area contributed by atoms with Gasteiger partial charge < -0.3 is 10.2 Å². The van der Waals surface area contributed by atoms with Crippen LogP contribution in [-0.2, 0) is 13.0 Å². The van der Waals surface area contributed by atoms with Crippen LogP contribution in [0, 0.1) is 0 Å². The fourth-order valence-corrected chi connectivity index (χ4v) is 3.26. The molecule has 0 saturated heterocycles. The van der Waals surface area contributed by atoms with Crippen LogP contribution in [0.2, 0.25) is 0 Å². The Kier molecular flexibility index (Phi) is 4.26. The van der Waals surface area contributed by atoms with Gasteiger partial charge in [-0.3, -0.25) is 0 Å². The van der Waals surface area contributed by atoms with E-state index in [9.17, 15) is 0 Å². The van der Waals surface area contributed by atoms with E-state index in [-0.39, 0.29) is 0 Å². The first-order chi connectivity index (χ1) is 10.3. The Morgan fingerprint density at radius 1 is 1.05 bits per heavy atom. The molecule has 0 saturated carbocycles. The molecule has 2 heteroatoms. The SMILES string of the molecule is CCNC(C)c1ccccc1N1CCc2ccccc2C1. The molecule has 1 atom stereocenters. The minimum atomic E-state index is 0.392. The predicted molar refractivity (Wildman–Crippen MR) is 89.7 cm³/mol. The van der Waals surface area contributed by atoms with Crippen LogP contribution in [0.25, 0.3) is 0 Å². The highest BCUT2D eigenvalue weighted by atomic mass is 15.1. The predicted octanol–water partition coefficient (Wildman–Crippen LogP) is 3.92. The first kappa shape index (κ1) is 14.2. The van der Waals surface area contributed by atoms with Crippen LogP contribution < -0.4 is 10.2 Å². The summed E-state index contributed by atoms with van der Waals surface area (Å²) in [5.74, 6) is 0. The number of para-hydroxylation sites is 1. The standard InChI is InChI=1S/C19H24N2/c1-3-20-15(2)18-10-6-7-11-19(18)21-13-12-16-8-4-5-9-17(16)14-21/h4-11,15,20H,3,12-14H2,1-2H3. The zero-order valence-corrected chi connectivity index (χ0v) is 13.0. The van der Waals surface area contributed by atoms with Crippen LogP contribution in [0.5, 0.6) is 0 Å². The van der Waals surface area contributed by atoms with Crippen LogP contribution >= 0.6 is 0 Å². The number of hydrogen-bond donors (Lipinski definition) is 1. The molecule has 1 aliphatic rings. The normalized spacial score (nSPS) is 15.6. The lowest BCUT2D eigenvalue weighted by Crippen LogP contribution is -2.32. The molecule has 1 aliphatic heterocycles. The number of hydrogen-bond acceptors (Lipinski definition) is 2. The van der Waals surface area contributed by atoms with Gasteiger partial charge in [0.2, 0.25) is 0 Å². The van der Waals surface area contributed by atoms with Crippen LogP contribution in [0.15, 0.2) is 48.5 Å². The van der Waals surface area contributed by atoms with Crippen molar-refractivity contribution in [3.8, 4) is 0 Å². The lowest BCUT2D eigenvalue weighted by atomic mass is 9.97. The van der Waals surface area contributed by atoms with Gasteiger partial charge in [-0.05, 0) is 42.6 Å². The Bertz CT molecular complexity index is 606. The topological polar surface area (TPSA) is 15.3 Å². The van der Waals surface area contributed by atoms with Crippen LogP contribution in [0.4, 0.5) is 5.69 Å². The molecular formula is C19H24N2. The number of benzene rings is 2. The first-order valence-corrected chi connectivity index (χ1v) is 7.93. The number of fused-ring (bicyclic) bond motifs is 1. The summed E-state index contributed by atoms with van der Waals surface area (Å²) in [6.45, 7) is 7.54. The molecule has 0 spiro atoms. The van der Waals surface area contributed by atoms with Gasteiger partial charge in [0.05, 0.1) is 0 Å². The zero-order valence-electron chi connectivity index (χ0n) is 13.0. The lowest BCUT2D eigenvalue weighted by molar-refractivity contribution is 0.593. The molecule has 1 heterocycles. The summed E-state index contributed by atoms with van der Waals surface area (Å²) in [6.07, 6.45) is 1.14. The molecule has 0 aromatic heterocycles. The van der Waals surface area contributed by atoms with Crippen LogP contribution in [0.1, 0.15) is 36.6 Å². The van der Waals surface area contributed by atoms with E-state index < -0.39 is 0 Å². The number of nitrogens with zero attached hydrogens (tertiary/aromatic N) is 1. The third-order valence-corrected chi connectivity index (χ3v) is 4.38. The second-order valence-electron chi connectivity index (χ2n) is 5.78. The van der Waals surface area contributed by atoms with Gasteiger partial charge in [-0.25, -0.2) is 0 Å². The van der Waals surface area contributed by atoms with Gasteiger partial charge in [0.1, 0.15) is 0 Å². The monoisotopic (exact) mass is 280 g/mol. The van der Waals surface area contributed by atoms with E-state index in [1.165, 1.54) is 22.4 Å². The summed E-state index contributed by atoms with van der Waals surface area (Å²) in [5.41, 5.74) is 5.75. The van der Waals surface area contributed by atoms with Crippen molar-refractivity contribution in [2.75, 3.05) is 18.0 Å². The van der Waals surface area contributed by atoms with E-state index in [2.05, 4.69) is 72.6 Å². The summed E-state index contributed by atoms with van der Waals surface area (Å²) < 4.78 is 0. The highest BCUT2D eigenvalue weighted by Gasteiger charge is 2.19. The van der Waals surface area contributed by atoms with Gasteiger partial charge in [0.15, 0.2) is 0 Å². The maximum absolute atomic E-state index is 3.53. The molecule has 1 N–H and O–H groups in total. The van der Waals surface area contributed by atoms with E-state index in [4.69, 9.17) is 0 Å². The quantitative estimate of drug-likeness (QED) is 0.913. The first-order valence-electron chi connectivity index (χ1n) is 7.93. The van der Waals surface area contributed by atoms with Gasteiger partial charge in [-0.1, -0.05) is 49.4 Å². The summed E-state index contributed by atoms with van der Waals surface area (Å²) in [4.78, 5) is 2.52. The smallest absolute Gasteiger partial charge is 0.0432 e. The third kappa shape index (κ3) is 2.96. The molecule has 1 unspecified atom stereocenters. The van der Waals surface area contributed by atoms with E-state index in [0.717, 1.165) is 26.1 Å². The number of nitrogens with one attached hydrogen (secondary N) is 1. The minimum absolute atomic E-state index is 0.392. The molecule has 0 fully saturated rings. The fourth-order valence-electron chi connectivity index (χ4n) is 3.26. The average molecular weight is 280 g/mol. The molecule has 2 nitrogen and oxygen atoms in total. The van der Waals surface area contributed by atoms with E-state index in [0.29, 0.717) is 6.04 Å². The lowest BCUT2D eigenvalue weighted by Gasteiger charge is -2.33. The van der Waals surface area contributed by atoms with Crippen molar-refractivity contribution in [1.82, 2.24) is 5.32 Å². The Hall–Kier alpha value is -1.80. The largest absolute Gasteiger partial charge is 0.367 e. The Morgan fingerprint density at radius 2 is 1.76 bits per heavy atom. The Labute approximate surface area is 127 Å². The van der Waals surface area contributed by atoms with Crippen molar-refractivity contribution < 1.29 is 0 Å². The highest BCUT2D eigenvalue weighted by molar-refractivity contribution is 5.56. The maximum Gasteiger partial charge on any atom is 0.0432 e. The molecule has 0 aliphatic carbocycles. The minimum Gasteiger partial charge on any atom is -0.367 e. The zero-order chi connectivity index (χ0) is 14.7. The van der Waals surface area contributed by atoms with Crippen LogP contribution in [0.3, 0.4) is 0 Å². The summed E-state index contributed by atoms with van der Waals surface area (Å²) in [5, 5.41) is 3.53. The van der Waals surface area contributed by atoms with Crippen LogP contribution in [-0.4, -0.2) is 13.1 Å².